The third-order valence-electron chi connectivity index (χ3n) is 2.62. The first-order valence-corrected chi connectivity index (χ1v) is 5.98. The summed E-state index contributed by atoms with van der Waals surface area (Å²) in [5.74, 6) is 0.177. The number of pyridine rings is 1. The van der Waals surface area contributed by atoms with Gasteiger partial charge in [0.1, 0.15) is 5.75 Å². The molecule has 0 aromatic carbocycles. The molecule has 0 aliphatic heterocycles. The van der Waals surface area contributed by atoms with Crippen molar-refractivity contribution in [2.45, 2.75) is 32.7 Å². The van der Waals surface area contributed by atoms with Crippen molar-refractivity contribution in [2.75, 3.05) is 13.7 Å². The van der Waals surface area contributed by atoms with E-state index in [1.807, 2.05) is 26.0 Å². The van der Waals surface area contributed by atoms with E-state index in [2.05, 4.69) is 9.72 Å². The molecular weight excluding hydrogens is 232 g/mol. The lowest BCUT2D eigenvalue weighted by Crippen LogP contribution is -2.23. The molecule has 1 atom stereocenters. The summed E-state index contributed by atoms with van der Waals surface area (Å²) in [5.41, 5.74) is 7.61. The van der Waals surface area contributed by atoms with Crippen molar-refractivity contribution in [3.8, 4) is 5.75 Å². The summed E-state index contributed by atoms with van der Waals surface area (Å²) >= 11 is 0. The number of carbonyl (C=O) groups is 1. The van der Waals surface area contributed by atoms with Gasteiger partial charge in [-0.05, 0) is 25.5 Å². The summed E-state index contributed by atoms with van der Waals surface area (Å²) < 4.78 is 9.93. The minimum Gasteiger partial charge on any atom is -0.480 e. The number of methoxy groups -OCH3 is 1. The number of aryl methyl sites for hydroxylation is 1. The smallest absolute Gasteiger partial charge is 0.343 e. The number of hydrogen-bond acceptors (Lipinski definition) is 5. The van der Waals surface area contributed by atoms with Crippen molar-refractivity contribution in [3.63, 3.8) is 0 Å². The topological polar surface area (TPSA) is 74.4 Å². The molecule has 18 heavy (non-hydrogen) atoms. The average Bonchev–Trinajstić information content (AvgIpc) is 2.37. The van der Waals surface area contributed by atoms with Gasteiger partial charge in [0.25, 0.3) is 0 Å². The summed E-state index contributed by atoms with van der Waals surface area (Å²) in [6.45, 7) is 3.82. The van der Waals surface area contributed by atoms with Gasteiger partial charge in [-0.3, -0.25) is 4.98 Å². The van der Waals surface area contributed by atoms with Crippen LogP contribution in [-0.4, -0.2) is 30.7 Å². The van der Waals surface area contributed by atoms with Gasteiger partial charge in [-0.1, -0.05) is 6.92 Å². The van der Waals surface area contributed by atoms with Gasteiger partial charge in [0.15, 0.2) is 6.61 Å². The number of nitrogens with two attached hydrogens (primary N) is 1. The van der Waals surface area contributed by atoms with E-state index >= 15 is 0 Å². The zero-order chi connectivity index (χ0) is 13.5. The Morgan fingerprint density at radius 1 is 1.50 bits per heavy atom. The molecule has 5 heteroatoms. The normalized spacial score (nSPS) is 12.0. The molecule has 0 radical (unpaired) electrons. The lowest BCUT2D eigenvalue weighted by Gasteiger charge is -2.13. The van der Waals surface area contributed by atoms with Crippen LogP contribution in [0.25, 0.3) is 0 Å². The standard InChI is InChI=1S/C13H20N2O3/c1-4-10(14)7-11-12(6-5-9(2)15-11)18-8-13(16)17-3/h5-6,10H,4,7-8,14H2,1-3H3. The van der Waals surface area contributed by atoms with Gasteiger partial charge < -0.3 is 15.2 Å². The minimum atomic E-state index is -0.415. The van der Waals surface area contributed by atoms with E-state index < -0.39 is 5.97 Å². The molecule has 1 rings (SSSR count). The Morgan fingerprint density at radius 2 is 2.22 bits per heavy atom. The number of hydrogen-bond donors (Lipinski definition) is 1. The molecular formula is C13H20N2O3. The van der Waals surface area contributed by atoms with Gasteiger partial charge in [-0.25, -0.2) is 4.79 Å². The Morgan fingerprint density at radius 3 is 2.83 bits per heavy atom. The monoisotopic (exact) mass is 252 g/mol. The molecule has 1 aromatic heterocycles. The summed E-state index contributed by atoms with van der Waals surface area (Å²) in [4.78, 5) is 15.5. The molecule has 0 saturated heterocycles. The molecule has 1 heterocycles. The largest absolute Gasteiger partial charge is 0.480 e. The predicted molar refractivity (Wildman–Crippen MR) is 68.5 cm³/mol. The van der Waals surface area contributed by atoms with Gasteiger partial charge in [-0.15, -0.1) is 0 Å². The summed E-state index contributed by atoms with van der Waals surface area (Å²) in [6, 6.07) is 3.69. The number of esters is 1. The molecule has 0 fully saturated rings. The molecule has 1 aromatic rings. The summed E-state index contributed by atoms with van der Waals surface area (Å²) in [5, 5.41) is 0. The maximum Gasteiger partial charge on any atom is 0.343 e. The Hall–Kier alpha value is -1.62. The highest BCUT2D eigenvalue weighted by atomic mass is 16.6. The molecule has 5 nitrogen and oxygen atoms in total. The second-order valence-electron chi connectivity index (χ2n) is 4.13. The first kappa shape index (κ1) is 14.4. The van der Waals surface area contributed by atoms with Gasteiger partial charge in [0.05, 0.1) is 12.8 Å². The number of aromatic nitrogens is 1. The average molecular weight is 252 g/mol. The fourth-order valence-electron chi connectivity index (χ4n) is 1.46. The van der Waals surface area contributed by atoms with Gasteiger partial charge in [0, 0.05) is 18.2 Å². The lowest BCUT2D eigenvalue weighted by molar-refractivity contribution is -0.142. The molecule has 100 valence electrons. The van der Waals surface area contributed by atoms with Crippen molar-refractivity contribution in [1.29, 1.82) is 0 Å². The van der Waals surface area contributed by atoms with Crippen LogP contribution in [0.2, 0.25) is 0 Å². The Kier molecular flexibility index (Phi) is 5.58. The molecule has 0 bridgehead atoms. The van der Waals surface area contributed by atoms with Crippen molar-refractivity contribution in [3.05, 3.63) is 23.5 Å². The lowest BCUT2D eigenvalue weighted by atomic mass is 10.1. The van der Waals surface area contributed by atoms with Crippen LogP contribution >= 0.6 is 0 Å². The zero-order valence-electron chi connectivity index (χ0n) is 11.1. The molecule has 0 amide bonds. The minimum absolute atomic E-state index is 0.0415. The van der Waals surface area contributed by atoms with Crippen LogP contribution in [0.5, 0.6) is 5.75 Å². The number of carbonyl (C=O) groups excluding carboxylic acids is 1. The van der Waals surface area contributed by atoms with Crippen molar-refractivity contribution >= 4 is 5.97 Å². The molecule has 1 unspecified atom stereocenters. The second kappa shape index (κ2) is 6.96. The number of nitrogens with zero attached hydrogens (tertiary/aromatic N) is 1. The highest BCUT2D eigenvalue weighted by Gasteiger charge is 2.11. The number of ether oxygens (including phenoxy) is 2. The SMILES string of the molecule is CCC(N)Cc1nc(C)ccc1OCC(=O)OC. The Balaban J connectivity index is 2.79. The van der Waals surface area contributed by atoms with Crippen molar-refractivity contribution < 1.29 is 14.3 Å². The third kappa shape index (κ3) is 4.33. The van der Waals surface area contributed by atoms with Crippen LogP contribution in [0, 0.1) is 6.92 Å². The molecule has 2 N–H and O–H groups in total. The van der Waals surface area contributed by atoms with Crippen molar-refractivity contribution in [2.24, 2.45) is 5.73 Å². The fraction of sp³-hybridized carbons (Fsp3) is 0.538. The molecule has 0 aliphatic rings. The fourth-order valence-corrected chi connectivity index (χ4v) is 1.46. The summed E-state index contributed by atoms with van der Waals surface area (Å²) in [6.07, 6.45) is 1.50. The van der Waals surface area contributed by atoms with Crippen LogP contribution < -0.4 is 10.5 Å². The van der Waals surface area contributed by atoms with E-state index in [0.717, 1.165) is 17.8 Å². The Bertz CT molecular complexity index is 407. The summed E-state index contributed by atoms with van der Waals surface area (Å²) in [7, 11) is 1.33. The zero-order valence-corrected chi connectivity index (χ0v) is 11.1. The number of rotatable bonds is 6. The van der Waals surface area contributed by atoms with Crippen LogP contribution in [0.1, 0.15) is 24.7 Å². The quantitative estimate of drug-likeness (QED) is 0.770. The predicted octanol–water partition coefficient (Wildman–Crippen LogP) is 1.22. The van der Waals surface area contributed by atoms with Gasteiger partial charge in [0.2, 0.25) is 0 Å². The van der Waals surface area contributed by atoms with Gasteiger partial charge in [-0.2, -0.15) is 0 Å². The molecule has 0 spiro atoms. The maximum absolute atomic E-state index is 11.0. The van der Waals surface area contributed by atoms with E-state index in [1.165, 1.54) is 7.11 Å². The van der Waals surface area contributed by atoms with Crippen LogP contribution in [-0.2, 0) is 16.0 Å². The van der Waals surface area contributed by atoms with E-state index in [-0.39, 0.29) is 12.6 Å². The maximum atomic E-state index is 11.0. The third-order valence-corrected chi connectivity index (χ3v) is 2.62. The Labute approximate surface area is 107 Å². The molecule has 0 saturated carbocycles. The van der Waals surface area contributed by atoms with Crippen LogP contribution in [0.4, 0.5) is 0 Å². The van der Waals surface area contributed by atoms with E-state index in [1.54, 1.807) is 0 Å². The first-order valence-electron chi connectivity index (χ1n) is 5.98. The van der Waals surface area contributed by atoms with E-state index in [0.29, 0.717) is 12.2 Å². The van der Waals surface area contributed by atoms with E-state index in [4.69, 9.17) is 10.5 Å². The first-order chi connectivity index (χ1) is 8.56. The van der Waals surface area contributed by atoms with Gasteiger partial charge >= 0.3 is 5.97 Å². The van der Waals surface area contributed by atoms with Crippen LogP contribution in [0.15, 0.2) is 12.1 Å². The van der Waals surface area contributed by atoms with Crippen molar-refractivity contribution in [1.82, 2.24) is 4.98 Å². The molecule has 0 aliphatic carbocycles. The van der Waals surface area contributed by atoms with E-state index in [9.17, 15) is 4.79 Å². The second-order valence-corrected chi connectivity index (χ2v) is 4.13. The van der Waals surface area contributed by atoms with Crippen LogP contribution in [0.3, 0.4) is 0 Å². The highest BCUT2D eigenvalue weighted by molar-refractivity contribution is 5.70. The highest BCUT2D eigenvalue weighted by Crippen LogP contribution is 2.18.